The topological polar surface area (TPSA) is 49.9 Å². The quantitative estimate of drug-likeness (QED) is 0.452. The molecule has 0 saturated carbocycles. The summed E-state index contributed by atoms with van der Waals surface area (Å²) in [4.78, 5) is 0. The van der Waals surface area contributed by atoms with Crippen molar-refractivity contribution in [3.63, 3.8) is 0 Å². The SMILES string of the molecule is Cc1cc(I)ccc1C(=N)N. The molecule has 0 radical (unpaired) electrons. The van der Waals surface area contributed by atoms with Gasteiger partial charge in [0, 0.05) is 9.13 Å². The van der Waals surface area contributed by atoms with Crippen LogP contribution in [0.5, 0.6) is 0 Å². The molecule has 11 heavy (non-hydrogen) atoms. The van der Waals surface area contributed by atoms with Crippen molar-refractivity contribution in [2.75, 3.05) is 0 Å². The third kappa shape index (κ3) is 1.92. The molecular formula is C8H9IN2. The first kappa shape index (κ1) is 8.52. The first-order chi connectivity index (χ1) is 5.11. The summed E-state index contributed by atoms with van der Waals surface area (Å²) in [6.45, 7) is 1.96. The average Bonchev–Trinajstić information content (AvgIpc) is 1.85. The molecule has 2 nitrogen and oxygen atoms in total. The zero-order valence-corrected chi connectivity index (χ0v) is 8.34. The highest BCUT2D eigenvalue weighted by Gasteiger charge is 1.99. The predicted molar refractivity (Wildman–Crippen MR) is 54.9 cm³/mol. The van der Waals surface area contributed by atoms with E-state index in [1.54, 1.807) is 0 Å². The van der Waals surface area contributed by atoms with Crippen LogP contribution in [0.4, 0.5) is 0 Å². The number of hydrogen-bond donors (Lipinski definition) is 2. The summed E-state index contributed by atoms with van der Waals surface area (Å²) in [6.07, 6.45) is 0. The van der Waals surface area contributed by atoms with Crippen molar-refractivity contribution in [2.24, 2.45) is 5.73 Å². The van der Waals surface area contributed by atoms with Crippen molar-refractivity contribution in [2.45, 2.75) is 6.92 Å². The summed E-state index contributed by atoms with van der Waals surface area (Å²) in [5, 5.41) is 7.22. The van der Waals surface area contributed by atoms with E-state index >= 15 is 0 Å². The van der Waals surface area contributed by atoms with Crippen LogP contribution in [0.3, 0.4) is 0 Å². The first-order valence-corrected chi connectivity index (χ1v) is 4.29. The van der Waals surface area contributed by atoms with Crippen LogP contribution in [0.1, 0.15) is 11.1 Å². The highest BCUT2D eigenvalue weighted by atomic mass is 127. The molecule has 0 saturated heterocycles. The summed E-state index contributed by atoms with van der Waals surface area (Å²) < 4.78 is 1.17. The molecule has 3 N–H and O–H groups in total. The third-order valence-electron chi connectivity index (χ3n) is 1.48. The monoisotopic (exact) mass is 260 g/mol. The van der Waals surface area contributed by atoms with Gasteiger partial charge in [0.1, 0.15) is 5.84 Å². The molecule has 1 rings (SSSR count). The Hall–Kier alpha value is -0.580. The highest BCUT2D eigenvalue weighted by molar-refractivity contribution is 14.1. The van der Waals surface area contributed by atoms with Crippen LogP contribution in [0, 0.1) is 15.9 Å². The maximum absolute atomic E-state index is 7.22. The predicted octanol–water partition coefficient (Wildman–Crippen LogP) is 1.88. The number of nitrogen functional groups attached to an aromatic ring is 1. The number of halogens is 1. The van der Waals surface area contributed by atoms with Gasteiger partial charge in [-0.25, -0.2) is 0 Å². The molecule has 0 amide bonds. The summed E-state index contributed by atoms with van der Waals surface area (Å²) >= 11 is 2.23. The first-order valence-electron chi connectivity index (χ1n) is 3.22. The molecule has 0 aliphatic rings. The Labute approximate surface area is 79.4 Å². The van der Waals surface area contributed by atoms with Crippen LogP contribution in [0.2, 0.25) is 0 Å². The smallest absolute Gasteiger partial charge is 0.123 e. The maximum Gasteiger partial charge on any atom is 0.123 e. The Kier molecular flexibility index (Phi) is 2.49. The lowest BCUT2D eigenvalue weighted by molar-refractivity contribution is 1.36. The molecule has 0 bridgehead atoms. The van der Waals surface area contributed by atoms with E-state index < -0.39 is 0 Å². The van der Waals surface area contributed by atoms with Gasteiger partial charge in [-0.2, -0.15) is 0 Å². The second-order valence-electron chi connectivity index (χ2n) is 2.37. The van der Waals surface area contributed by atoms with Crippen molar-refractivity contribution < 1.29 is 0 Å². The lowest BCUT2D eigenvalue weighted by atomic mass is 10.1. The third-order valence-corrected chi connectivity index (χ3v) is 2.15. The summed E-state index contributed by atoms with van der Waals surface area (Å²) in [5.41, 5.74) is 7.23. The second kappa shape index (κ2) is 3.21. The van der Waals surface area contributed by atoms with E-state index in [1.807, 2.05) is 25.1 Å². The normalized spacial score (nSPS) is 9.64. The largest absolute Gasteiger partial charge is 0.384 e. The van der Waals surface area contributed by atoms with E-state index in [-0.39, 0.29) is 5.84 Å². The summed E-state index contributed by atoms with van der Waals surface area (Å²) in [6, 6.07) is 5.83. The summed E-state index contributed by atoms with van der Waals surface area (Å²) in [7, 11) is 0. The van der Waals surface area contributed by atoms with Gasteiger partial charge >= 0.3 is 0 Å². The number of hydrogen-bond acceptors (Lipinski definition) is 1. The maximum atomic E-state index is 7.22. The van der Waals surface area contributed by atoms with Crippen LogP contribution in [0.25, 0.3) is 0 Å². The molecule has 0 unspecified atom stereocenters. The molecule has 1 aromatic carbocycles. The van der Waals surface area contributed by atoms with Crippen LogP contribution in [-0.4, -0.2) is 5.84 Å². The lowest BCUT2D eigenvalue weighted by Crippen LogP contribution is -2.12. The molecule has 0 spiro atoms. The molecule has 0 fully saturated rings. The Balaban J connectivity index is 3.20. The van der Waals surface area contributed by atoms with Gasteiger partial charge in [0.2, 0.25) is 0 Å². The van der Waals surface area contributed by atoms with Crippen molar-refractivity contribution >= 4 is 28.4 Å². The van der Waals surface area contributed by atoms with E-state index in [1.165, 1.54) is 3.57 Å². The van der Waals surface area contributed by atoms with Crippen molar-refractivity contribution in [3.05, 3.63) is 32.9 Å². The molecular weight excluding hydrogens is 251 g/mol. The van der Waals surface area contributed by atoms with E-state index in [4.69, 9.17) is 11.1 Å². The molecule has 0 heterocycles. The minimum absolute atomic E-state index is 0.138. The fourth-order valence-electron chi connectivity index (χ4n) is 0.929. The number of nitrogens with two attached hydrogens (primary N) is 1. The fourth-order valence-corrected chi connectivity index (χ4v) is 1.58. The van der Waals surface area contributed by atoms with Crippen LogP contribution >= 0.6 is 22.6 Å². The molecule has 1 aromatic rings. The summed E-state index contributed by atoms with van der Waals surface area (Å²) in [5.74, 6) is 0.138. The van der Waals surface area contributed by atoms with E-state index in [9.17, 15) is 0 Å². The number of aryl methyl sites for hydroxylation is 1. The van der Waals surface area contributed by atoms with Gasteiger partial charge < -0.3 is 5.73 Å². The highest BCUT2D eigenvalue weighted by Crippen LogP contribution is 2.11. The molecule has 0 atom stereocenters. The van der Waals surface area contributed by atoms with Gasteiger partial charge in [-0.15, -0.1) is 0 Å². The van der Waals surface area contributed by atoms with E-state index in [2.05, 4.69) is 22.6 Å². The Morgan fingerprint density at radius 1 is 1.55 bits per heavy atom. The van der Waals surface area contributed by atoms with Crippen molar-refractivity contribution in [3.8, 4) is 0 Å². The molecule has 58 valence electrons. The van der Waals surface area contributed by atoms with E-state index in [0.29, 0.717) is 0 Å². The zero-order chi connectivity index (χ0) is 8.43. The van der Waals surface area contributed by atoms with Crippen molar-refractivity contribution in [1.82, 2.24) is 0 Å². The lowest BCUT2D eigenvalue weighted by Gasteiger charge is -2.02. The van der Waals surface area contributed by atoms with Gasteiger partial charge in [-0.3, -0.25) is 5.41 Å². The van der Waals surface area contributed by atoms with Crippen LogP contribution in [0.15, 0.2) is 18.2 Å². The molecule has 0 aliphatic heterocycles. The number of amidine groups is 1. The Morgan fingerprint density at radius 2 is 2.18 bits per heavy atom. The van der Waals surface area contributed by atoms with Gasteiger partial charge in [0.25, 0.3) is 0 Å². The molecule has 0 aromatic heterocycles. The van der Waals surface area contributed by atoms with Gasteiger partial charge in [-0.05, 0) is 53.3 Å². The van der Waals surface area contributed by atoms with Gasteiger partial charge in [0.05, 0.1) is 0 Å². The average molecular weight is 260 g/mol. The van der Waals surface area contributed by atoms with Crippen LogP contribution in [-0.2, 0) is 0 Å². The van der Waals surface area contributed by atoms with Crippen LogP contribution < -0.4 is 5.73 Å². The number of nitrogens with one attached hydrogen (secondary N) is 1. The Morgan fingerprint density at radius 3 is 2.64 bits per heavy atom. The number of rotatable bonds is 1. The van der Waals surface area contributed by atoms with E-state index in [0.717, 1.165) is 11.1 Å². The van der Waals surface area contributed by atoms with Crippen molar-refractivity contribution in [1.29, 1.82) is 5.41 Å². The van der Waals surface area contributed by atoms with Gasteiger partial charge in [-0.1, -0.05) is 0 Å². The standard InChI is InChI=1S/C8H9IN2/c1-5-4-6(9)2-3-7(5)8(10)11/h2-4H,1H3,(H3,10,11). The number of benzene rings is 1. The minimum Gasteiger partial charge on any atom is -0.384 e. The Bertz CT molecular complexity index is 294. The minimum atomic E-state index is 0.138. The van der Waals surface area contributed by atoms with Gasteiger partial charge in [0.15, 0.2) is 0 Å². The molecule has 3 heteroatoms. The second-order valence-corrected chi connectivity index (χ2v) is 3.62. The fraction of sp³-hybridized carbons (Fsp3) is 0.125. The zero-order valence-electron chi connectivity index (χ0n) is 6.19. The molecule has 0 aliphatic carbocycles.